The van der Waals surface area contributed by atoms with E-state index in [9.17, 15) is 22.8 Å². The summed E-state index contributed by atoms with van der Waals surface area (Å²) in [5, 5.41) is 9.04. The Hall–Kier alpha value is -5.78. The SMILES string of the molecule is COc1cccc([CH]c2cccc(NC(=O)c3cc(C(F)(F)F)nn3-c3cccc(CNC(=O)OC(C)(C)C)c3)c2)c1OCc1ccccc1. The van der Waals surface area contributed by atoms with Crippen LogP contribution in [-0.2, 0) is 24.1 Å². The molecular formula is C38H36F3N4O5. The predicted octanol–water partition coefficient (Wildman–Crippen LogP) is 8.36. The molecule has 1 radical (unpaired) electrons. The third-order valence-electron chi connectivity index (χ3n) is 7.15. The highest BCUT2D eigenvalue weighted by atomic mass is 19.4. The van der Waals surface area contributed by atoms with E-state index in [1.165, 1.54) is 12.1 Å². The van der Waals surface area contributed by atoms with E-state index in [0.29, 0.717) is 41.0 Å². The average Bonchev–Trinajstić information content (AvgIpc) is 3.54. The fourth-order valence-corrected chi connectivity index (χ4v) is 4.94. The van der Waals surface area contributed by atoms with Gasteiger partial charge in [0, 0.05) is 30.3 Å². The van der Waals surface area contributed by atoms with Gasteiger partial charge in [-0.1, -0.05) is 66.7 Å². The minimum atomic E-state index is -4.80. The van der Waals surface area contributed by atoms with E-state index in [2.05, 4.69) is 15.7 Å². The number of anilines is 1. The lowest BCUT2D eigenvalue weighted by molar-refractivity contribution is -0.141. The third kappa shape index (κ3) is 9.43. The predicted molar refractivity (Wildman–Crippen MR) is 182 cm³/mol. The molecule has 0 aliphatic rings. The molecule has 1 aromatic heterocycles. The van der Waals surface area contributed by atoms with Gasteiger partial charge in [-0.3, -0.25) is 4.79 Å². The zero-order valence-corrected chi connectivity index (χ0v) is 27.9. The molecule has 0 aliphatic heterocycles. The van der Waals surface area contributed by atoms with E-state index in [4.69, 9.17) is 14.2 Å². The molecule has 259 valence electrons. The Balaban J connectivity index is 1.36. The van der Waals surface area contributed by atoms with Crippen LogP contribution >= 0.6 is 0 Å². The van der Waals surface area contributed by atoms with Crippen molar-refractivity contribution in [1.82, 2.24) is 15.1 Å². The van der Waals surface area contributed by atoms with Gasteiger partial charge in [0.1, 0.15) is 17.9 Å². The van der Waals surface area contributed by atoms with Crippen LogP contribution in [0.2, 0.25) is 0 Å². The van der Waals surface area contributed by atoms with Crippen LogP contribution in [0.4, 0.5) is 23.7 Å². The first-order chi connectivity index (χ1) is 23.8. The number of amides is 2. The number of alkyl halides is 3. The molecule has 0 aliphatic carbocycles. The van der Waals surface area contributed by atoms with Gasteiger partial charge in [0.2, 0.25) is 0 Å². The van der Waals surface area contributed by atoms with Crippen molar-refractivity contribution in [1.29, 1.82) is 0 Å². The molecule has 4 aromatic carbocycles. The Labute approximate surface area is 288 Å². The smallest absolute Gasteiger partial charge is 0.435 e. The van der Waals surface area contributed by atoms with Crippen molar-refractivity contribution >= 4 is 17.7 Å². The van der Waals surface area contributed by atoms with E-state index in [1.54, 1.807) is 64.3 Å². The quantitative estimate of drug-likeness (QED) is 0.145. The Morgan fingerprint density at radius 1 is 0.860 bits per heavy atom. The Bertz CT molecular complexity index is 1950. The molecule has 9 nitrogen and oxygen atoms in total. The van der Waals surface area contributed by atoms with E-state index in [1.807, 2.05) is 55.0 Å². The van der Waals surface area contributed by atoms with Crippen LogP contribution in [0, 0.1) is 6.42 Å². The maximum atomic E-state index is 13.8. The number of benzene rings is 4. The lowest BCUT2D eigenvalue weighted by atomic mass is 10.0. The van der Waals surface area contributed by atoms with Crippen LogP contribution in [0.15, 0.2) is 103 Å². The number of nitrogens with zero attached hydrogens (tertiary/aromatic N) is 2. The number of alkyl carbamates (subject to hydrolysis) is 1. The highest BCUT2D eigenvalue weighted by Gasteiger charge is 2.36. The summed E-state index contributed by atoms with van der Waals surface area (Å²) in [7, 11) is 1.55. The molecule has 0 saturated carbocycles. The summed E-state index contributed by atoms with van der Waals surface area (Å²) in [6.07, 6.45) is -3.60. The molecule has 2 N–H and O–H groups in total. The number of nitrogens with one attached hydrogen (secondary N) is 2. The number of hydrogen-bond acceptors (Lipinski definition) is 6. The topological polar surface area (TPSA) is 104 Å². The summed E-state index contributed by atoms with van der Waals surface area (Å²) < 4.78 is 59.3. The summed E-state index contributed by atoms with van der Waals surface area (Å²) in [4.78, 5) is 25.7. The number of rotatable bonds is 11. The van der Waals surface area contributed by atoms with E-state index >= 15 is 0 Å². The second kappa shape index (κ2) is 15.2. The molecular weight excluding hydrogens is 649 g/mol. The average molecular weight is 686 g/mol. The van der Waals surface area contributed by atoms with Crippen LogP contribution in [-0.4, -0.2) is 34.5 Å². The standard InChI is InChI=1S/C38H36F3N4O5/c1-37(2,3)50-36(47)42-23-27-14-9-17-30(21-27)45-31(22-33(44-45)38(39,40)41)35(46)43-29-16-8-13-26(20-29)19-28-15-10-18-32(48-4)34(28)49-24-25-11-6-5-7-12-25/h5-22H,23-24H2,1-4H3,(H,42,47)(H,43,46). The highest BCUT2D eigenvalue weighted by molar-refractivity contribution is 6.03. The molecule has 5 rings (SSSR count). The van der Waals surface area contributed by atoms with Gasteiger partial charge in [0.15, 0.2) is 17.2 Å². The van der Waals surface area contributed by atoms with Crippen LogP contribution < -0.4 is 20.1 Å². The normalized spacial score (nSPS) is 11.5. The summed E-state index contributed by atoms with van der Waals surface area (Å²) in [6, 6.07) is 29.0. The summed E-state index contributed by atoms with van der Waals surface area (Å²) >= 11 is 0. The zero-order valence-electron chi connectivity index (χ0n) is 27.9. The Morgan fingerprint density at radius 3 is 2.30 bits per heavy atom. The molecule has 0 bridgehead atoms. The van der Waals surface area contributed by atoms with Crippen LogP contribution in [0.25, 0.3) is 5.69 Å². The van der Waals surface area contributed by atoms with Gasteiger partial charge in [-0.2, -0.15) is 18.3 Å². The molecule has 12 heteroatoms. The van der Waals surface area contributed by atoms with Crippen LogP contribution in [0.1, 0.15) is 59.2 Å². The van der Waals surface area contributed by atoms with Crippen molar-refractivity contribution in [3.8, 4) is 17.2 Å². The largest absolute Gasteiger partial charge is 0.493 e. The molecule has 50 heavy (non-hydrogen) atoms. The molecule has 0 saturated heterocycles. The number of ether oxygens (including phenoxy) is 3. The monoisotopic (exact) mass is 685 g/mol. The molecule has 1 heterocycles. The minimum Gasteiger partial charge on any atom is -0.493 e. The number of carbonyl (C=O) groups excluding carboxylic acids is 2. The molecule has 2 amide bonds. The molecule has 0 atom stereocenters. The fraction of sp³-hybridized carbons (Fsp3) is 0.211. The van der Waals surface area contributed by atoms with Gasteiger partial charge in [-0.25, -0.2) is 9.48 Å². The fourth-order valence-electron chi connectivity index (χ4n) is 4.94. The lowest BCUT2D eigenvalue weighted by Gasteiger charge is -2.19. The molecule has 5 aromatic rings. The Morgan fingerprint density at radius 2 is 1.58 bits per heavy atom. The van der Waals surface area contributed by atoms with Crippen molar-refractivity contribution in [2.45, 2.75) is 45.7 Å². The number of methoxy groups -OCH3 is 1. The van der Waals surface area contributed by atoms with Gasteiger partial charge >= 0.3 is 12.3 Å². The molecule has 0 fully saturated rings. The molecule has 0 unspecified atom stereocenters. The van der Waals surface area contributed by atoms with E-state index in [0.717, 1.165) is 15.8 Å². The maximum Gasteiger partial charge on any atom is 0.435 e. The first-order valence-electron chi connectivity index (χ1n) is 15.6. The van der Waals surface area contributed by atoms with Crippen molar-refractivity contribution in [2.75, 3.05) is 12.4 Å². The van der Waals surface area contributed by atoms with Crippen molar-refractivity contribution < 1.29 is 37.0 Å². The zero-order chi connectivity index (χ0) is 35.9. The van der Waals surface area contributed by atoms with Gasteiger partial charge in [0.25, 0.3) is 5.91 Å². The molecule has 0 spiro atoms. The first-order valence-corrected chi connectivity index (χ1v) is 15.6. The summed E-state index contributed by atoms with van der Waals surface area (Å²) in [6.45, 7) is 5.53. The number of hydrogen-bond donors (Lipinski definition) is 2. The van der Waals surface area contributed by atoms with Crippen molar-refractivity contribution in [2.24, 2.45) is 0 Å². The number of aromatic nitrogens is 2. The lowest BCUT2D eigenvalue weighted by Crippen LogP contribution is -2.32. The van der Waals surface area contributed by atoms with Crippen LogP contribution in [0.3, 0.4) is 0 Å². The number of halogens is 3. The van der Waals surface area contributed by atoms with Crippen molar-refractivity contribution in [3.05, 3.63) is 143 Å². The number of carbonyl (C=O) groups is 2. The minimum absolute atomic E-state index is 0.0350. The Kier molecular flexibility index (Phi) is 10.8. The summed E-state index contributed by atoms with van der Waals surface area (Å²) in [5.74, 6) is 0.258. The van der Waals surface area contributed by atoms with Gasteiger partial charge in [-0.15, -0.1) is 0 Å². The maximum absolute atomic E-state index is 13.8. The second-order valence-electron chi connectivity index (χ2n) is 12.2. The van der Waals surface area contributed by atoms with Crippen molar-refractivity contribution in [3.63, 3.8) is 0 Å². The van der Waals surface area contributed by atoms with E-state index in [-0.39, 0.29) is 17.9 Å². The third-order valence-corrected chi connectivity index (χ3v) is 7.15. The van der Waals surface area contributed by atoms with Gasteiger partial charge in [0.05, 0.1) is 12.8 Å². The van der Waals surface area contributed by atoms with Gasteiger partial charge in [-0.05, 0) is 67.8 Å². The van der Waals surface area contributed by atoms with Gasteiger partial charge < -0.3 is 24.8 Å². The first kappa shape index (κ1) is 35.5. The highest BCUT2D eigenvalue weighted by Crippen LogP contribution is 2.35. The summed E-state index contributed by atoms with van der Waals surface area (Å²) in [5.41, 5.74) is 1.20. The number of para-hydroxylation sites is 1. The van der Waals surface area contributed by atoms with E-state index < -0.39 is 29.5 Å². The van der Waals surface area contributed by atoms with Crippen LogP contribution in [0.5, 0.6) is 11.5 Å². The second-order valence-corrected chi connectivity index (χ2v) is 12.2.